The third kappa shape index (κ3) is 28.1. The molecule has 0 aliphatic rings. The molecule has 6 aromatic rings. The first-order valence-electron chi connectivity index (χ1n) is 30.7. The minimum atomic E-state index is -1.12. The summed E-state index contributed by atoms with van der Waals surface area (Å²) in [6, 6.07) is 58.3. The zero-order valence-electron chi connectivity index (χ0n) is 56.7. The molecule has 17 nitrogen and oxygen atoms in total. The Kier molecular flexibility index (Phi) is 31.9. The summed E-state index contributed by atoms with van der Waals surface area (Å²) in [4.78, 5) is 74.2. The van der Waals surface area contributed by atoms with Gasteiger partial charge in [-0.3, -0.25) is 9.59 Å². The lowest BCUT2D eigenvalue weighted by molar-refractivity contribution is -0.869. The Morgan fingerprint density at radius 2 is 0.634 bits per heavy atom. The van der Waals surface area contributed by atoms with Gasteiger partial charge in [0, 0.05) is 17.3 Å². The molecular weight excluding hydrogens is 1250 g/mol. The van der Waals surface area contributed by atoms with E-state index in [9.17, 15) is 33.9 Å². The number of aliphatic carboxylic acids is 1. The van der Waals surface area contributed by atoms with Crippen LogP contribution in [-0.4, -0.2) is 171 Å². The van der Waals surface area contributed by atoms with E-state index in [4.69, 9.17) is 14.2 Å². The maximum atomic E-state index is 13.5. The van der Waals surface area contributed by atoms with Crippen LogP contribution in [0.15, 0.2) is 182 Å². The number of alkyl carbamates (subject to hydrolysis) is 3. The molecule has 6 N–H and O–H groups in total. The van der Waals surface area contributed by atoms with Gasteiger partial charge in [0.15, 0.2) is 0 Å². The first kappa shape index (κ1) is 80.0. The van der Waals surface area contributed by atoms with Crippen molar-refractivity contribution in [3.63, 3.8) is 0 Å². The fourth-order valence-corrected chi connectivity index (χ4v) is 12.5. The number of hydrogen-bond donors (Lipinski definition) is 7. The Hall–Kier alpha value is -7.20. The number of thioether (sulfide) groups is 2. The second-order valence-corrected chi connectivity index (χ2v) is 29.7. The molecule has 5 amide bonds. The molecule has 0 unspecified atom stereocenters. The zero-order valence-corrected chi connectivity index (χ0v) is 59.9. The third-order valence-corrected chi connectivity index (χ3v) is 17.0. The van der Waals surface area contributed by atoms with Gasteiger partial charge < -0.3 is 67.3 Å². The van der Waals surface area contributed by atoms with Crippen molar-refractivity contribution < 1.29 is 69.5 Å². The van der Waals surface area contributed by atoms with Crippen molar-refractivity contribution in [3.8, 4) is 0 Å². The summed E-state index contributed by atoms with van der Waals surface area (Å²) >= 11 is 7.19. The highest BCUT2D eigenvalue weighted by atomic mass is 35.5. The number of hydrogen-bond acceptors (Lipinski definition) is 12. The van der Waals surface area contributed by atoms with Gasteiger partial charge in [-0.15, -0.1) is 23.5 Å². The summed E-state index contributed by atoms with van der Waals surface area (Å²) in [5.74, 6) is -0.919. The first-order valence-corrected chi connectivity index (χ1v) is 33.3. The maximum Gasteiger partial charge on any atom is 0.408 e. The van der Waals surface area contributed by atoms with Crippen LogP contribution in [0.5, 0.6) is 0 Å². The summed E-state index contributed by atoms with van der Waals surface area (Å²) in [7, 11) is 12.4. The quantitative estimate of drug-likeness (QED) is 0.0124. The van der Waals surface area contributed by atoms with Crippen LogP contribution in [0.3, 0.4) is 0 Å². The lowest BCUT2D eigenvalue weighted by atomic mass is 9.84. The number of nitrogens with one attached hydrogen (secondary N) is 5. The lowest BCUT2D eigenvalue weighted by Gasteiger charge is -2.36. The molecule has 0 bridgehead atoms. The standard InChI is InChI=1S/C32H41N3O3S.C27H29NO4S.C13H27N3O3S.ClH/c1-31(2,3)38-30(37)34-28(29(36)33-22-23-35(4,5)6)24-39-32(25-16-10-7-11-17-25,26-18-12-8-13-19-26)27-20-14-9-15-21-27;1-26(2,3)32-25(31)28-23(24(29)30)19-33-27(20-13-7-4-8-14-20,21-15-9-5-10-16-21)22-17-11-6-12-18-22;1-13(2,3)19-12(18)15-10(9-20)11(17)14-7-8-16(4,5)6;/h7-21,28H,22-24H2,1-6H3,(H-,33,34,36,37);4-18,23H,19H2,1-3H3,(H,28,31)(H,29,30);10H,7-9H2,1-6H3,(H2-,14,15,17,18,20);1H/p+1/t28-;23-;10-;/m000./s1. The Morgan fingerprint density at radius 1 is 0.409 bits per heavy atom. The summed E-state index contributed by atoms with van der Waals surface area (Å²) in [5.41, 5.74) is 4.35. The van der Waals surface area contributed by atoms with E-state index in [2.05, 4.69) is 96.8 Å². The second-order valence-electron chi connectivity index (χ2n) is 26.9. The van der Waals surface area contributed by atoms with Gasteiger partial charge in [0.25, 0.3) is 0 Å². The minimum Gasteiger partial charge on any atom is -1.00 e. The normalized spacial score (nSPS) is 12.8. The summed E-state index contributed by atoms with van der Waals surface area (Å²) < 4.78 is 16.1. The van der Waals surface area contributed by atoms with Gasteiger partial charge in [0.05, 0.1) is 78.0 Å². The SMILES string of the molecule is CC(C)(C)OC(=O)N[C@@H](CS)C(=O)NCC[N+](C)(C)C.CC(C)(C)OC(=O)N[C@@H](CSC(c1ccccc1)(c1ccccc1)c1ccccc1)C(=O)NCC[N+](C)(C)C.CC(C)(C)OC(=O)N[C@@H](CSC(c1ccccc1)(c1ccccc1)c1ccccc1)C(=O)O.[Cl-]. The molecule has 0 radical (unpaired) electrons. The Morgan fingerprint density at radius 3 is 0.860 bits per heavy atom. The molecule has 3 atom stereocenters. The smallest absolute Gasteiger partial charge is 0.408 e. The van der Waals surface area contributed by atoms with Gasteiger partial charge in [0.2, 0.25) is 11.8 Å². The van der Waals surface area contributed by atoms with E-state index in [-0.39, 0.29) is 35.7 Å². The number of halogens is 1. The largest absolute Gasteiger partial charge is 1.00 e. The lowest BCUT2D eigenvalue weighted by Crippen LogP contribution is -3.00. The molecule has 0 aliphatic carbocycles. The predicted molar refractivity (Wildman–Crippen MR) is 376 cm³/mol. The van der Waals surface area contributed by atoms with Gasteiger partial charge in [0.1, 0.15) is 34.9 Å². The van der Waals surface area contributed by atoms with Gasteiger partial charge in [-0.05, 0) is 95.7 Å². The van der Waals surface area contributed by atoms with Crippen LogP contribution < -0.4 is 39.0 Å². The minimum absolute atomic E-state index is 0. The van der Waals surface area contributed by atoms with Gasteiger partial charge in [-0.2, -0.15) is 12.6 Å². The fraction of sp³-hybridized carbons (Fsp3) is 0.417. The van der Waals surface area contributed by atoms with Gasteiger partial charge >= 0.3 is 24.2 Å². The number of carboxylic acids is 1. The second kappa shape index (κ2) is 37.0. The zero-order chi connectivity index (χ0) is 68.4. The predicted octanol–water partition coefficient (Wildman–Crippen LogP) is 8.75. The molecule has 6 rings (SSSR count). The van der Waals surface area contributed by atoms with E-state index >= 15 is 0 Å². The van der Waals surface area contributed by atoms with Crippen molar-refractivity contribution in [2.45, 2.75) is 107 Å². The third-order valence-electron chi connectivity index (χ3n) is 13.4. The molecule has 93 heavy (non-hydrogen) atoms. The molecule has 0 aliphatic heterocycles. The van der Waals surface area contributed by atoms with Crippen molar-refractivity contribution in [2.75, 3.05) is 85.7 Å². The highest BCUT2D eigenvalue weighted by Crippen LogP contribution is 2.50. The van der Waals surface area contributed by atoms with Crippen molar-refractivity contribution >= 4 is 72.2 Å². The van der Waals surface area contributed by atoms with Crippen LogP contribution in [0, 0.1) is 0 Å². The molecule has 21 heteroatoms. The van der Waals surface area contributed by atoms with E-state index in [1.807, 2.05) is 188 Å². The summed E-state index contributed by atoms with van der Waals surface area (Å²) in [5, 5.41) is 23.5. The molecule has 0 heterocycles. The number of quaternary nitrogens is 2. The molecule has 0 saturated heterocycles. The highest BCUT2D eigenvalue weighted by Gasteiger charge is 2.41. The number of rotatable bonds is 25. The van der Waals surface area contributed by atoms with Crippen molar-refractivity contribution in [1.29, 1.82) is 0 Å². The maximum absolute atomic E-state index is 13.5. The molecule has 6 aromatic carbocycles. The number of carbonyl (C=O) groups excluding carboxylic acids is 5. The van der Waals surface area contributed by atoms with E-state index < -0.39 is 68.7 Å². The van der Waals surface area contributed by atoms with Crippen molar-refractivity contribution in [3.05, 3.63) is 215 Å². The average molecular weight is 1350 g/mol. The number of carbonyl (C=O) groups is 6. The monoisotopic (exact) mass is 1350 g/mol. The first-order chi connectivity index (χ1) is 43.1. The number of likely N-dealkylation sites (N-methyl/N-ethyl adjacent to an activating group) is 2. The fourth-order valence-electron chi connectivity index (χ4n) is 9.13. The molecule has 0 fully saturated rings. The van der Waals surface area contributed by atoms with E-state index in [1.54, 1.807) is 53.3 Å². The van der Waals surface area contributed by atoms with E-state index in [1.165, 1.54) is 11.8 Å². The van der Waals surface area contributed by atoms with Crippen LogP contribution in [0.25, 0.3) is 0 Å². The van der Waals surface area contributed by atoms with Crippen molar-refractivity contribution in [1.82, 2.24) is 26.6 Å². The van der Waals surface area contributed by atoms with Crippen LogP contribution in [0.4, 0.5) is 14.4 Å². The topological polar surface area (TPSA) is 210 Å². The van der Waals surface area contributed by atoms with Gasteiger partial charge in [-0.1, -0.05) is 182 Å². The van der Waals surface area contributed by atoms with Crippen LogP contribution in [0.1, 0.15) is 95.7 Å². The summed E-state index contributed by atoms with van der Waals surface area (Å²) in [6.45, 7) is 18.6. The van der Waals surface area contributed by atoms with Gasteiger partial charge in [-0.25, -0.2) is 19.2 Å². The Balaban J connectivity index is 0.000000381. The Labute approximate surface area is 572 Å². The number of nitrogens with zero attached hydrogens (tertiary/aromatic N) is 2. The van der Waals surface area contributed by atoms with Crippen molar-refractivity contribution in [2.24, 2.45) is 0 Å². The number of benzene rings is 6. The number of amides is 5. The number of carboxylic acid groups (broad SMARTS) is 1. The molecule has 0 spiro atoms. The molecular formula is C72H99ClN7O10S3+. The number of thiol groups is 1. The molecule has 0 aromatic heterocycles. The van der Waals surface area contributed by atoms with E-state index in [0.717, 1.165) is 55.4 Å². The Bertz CT molecular complexity index is 3030. The number of ether oxygens (including phenoxy) is 3. The highest BCUT2D eigenvalue weighted by molar-refractivity contribution is 8.01. The van der Waals surface area contributed by atoms with Crippen LogP contribution >= 0.6 is 36.2 Å². The molecule has 506 valence electrons. The van der Waals surface area contributed by atoms with Crippen LogP contribution in [-0.2, 0) is 38.1 Å². The molecule has 0 saturated carbocycles. The summed E-state index contributed by atoms with van der Waals surface area (Å²) in [6.07, 6.45) is -1.97. The average Bonchev–Trinajstić information content (AvgIpc) is 0.768. The van der Waals surface area contributed by atoms with Crippen LogP contribution in [0.2, 0.25) is 0 Å². The van der Waals surface area contributed by atoms with E-state index in [0.29, 0.717) is 18.8 Å².